The summed E-state index contributed by atoms with van der Waals surface area (Å²) < 4.78 is 6.89. The van der Waals surface area contributed by atoms with Crippen molar-refractivity contribution >= 4 is 17.6 Å². The van der Waals surface area contributed by atoms with Crippen molar-refractivity contribution in [3.05, 3.63) is 45.5 Å². The molecule has 9 heteroatoms. The fraction of sp³-hybridized carbons (Fsp3) is 0.400. The summed E-state index contributed by atoms with van der Waals surface area (Å²) in [5.41, 5.74) is 1.32. The number of hydrogen-bond donors (Lipinski definition) is 0. The molecule has 1 fully saturated rings. The molecule has 0 radical (unpaired) electrons. The van der Waals surface area contributed by atoms with Crippen LogP contribution in [0, 0.1) is 24.0 Å². The summed E-state index contributed by atoms with van der Waals surface area (Å²) in [5, 5.41) is 23.6. The van der Waals surface area contributed by atoms with Gasteiger partial charge >= 0.3 is 0 Å². The molecule has 0 bridgehead atoms. The second kappa shape index (κ2) is 6.75. The van der Waals surface area contributed by atoms with E-state index < -0.39 is 0 Å². The second-order valence-corrected chi connectivity index (χ2v) is 5.46. The summed E-state index contributed by atoms with van der Waals surface area (Å²) in [4.78, 5) is 13.0. The van der Waals surface area contributed by atoms with Crippen molar-refractivity contribution < 1.29 is 9.66 Å². The van der Waals surface area contributed by atoms with Crippen LogP contribution < -0.4 is 4.90 Å². The molecule has 0 spiro atoms. The van der Waals surface area contributed by atoms with Gasteiger partial charge in [-0.1, -0.05) is 6.07 Å². The van der Waals surface area contributed by atoms with E-state index in [0.717, 1.165) is 0 Å². The van der Waals surface area contributed by atoms with Crippen LogP contribution >= 0.6 is 0 Å². The molecule has 2 heterocycles. The van der Waals surface area contributed by atoms with E-state index in [-0.39, 0.29) is 10.6 Å². The third-order valence-electron chi connectivity index (χ3n) is 3.82. The molecule has 24 heavy (non-hydrogen) atoms. The molecule has 9 nitrogen and oxygen atoms in total. The Morgan fingerprint density at radius 2 is 1.92 bits per heavy atom. The van der Waals surface area contributed by atoms with Gasteiger partial charge in [0, 0.05) is 24.7 Å². The number of nitro benzene ring substituents is 1. The summed E-state index contributed by atoms with van der Waals surface area (Å²) >= 11 is 0. The Kier molecular flexibility index (Phi) is 4.52. The molecule has 1 aliphatic rings. The molecule has 126 valence electrons. The molecule has 0 unspecified atom stereocenters. The lowest BCUT2D eigenvalue weighted by molar-refractivity contribution is -0.384. The minimum atomic E-state index is -0.364. The van der Waals surface area contributed by atoms with Crippen LogP contribution in [0.3, 0.4) is 0 Å². The van der Waals surface area contributed by atoms with E-state index in [1.807, 2.05) is 11.0 Å². The van der Waals surface area contributed by atoms with Gasteiger partial charge in [-0.25, -0.2) is 4.68 Å². The van der Waals surface area contributed by atoms with E-state index in [2.05, 4.69) is 15.3 Å². The Morgan fingerprint density at radius 3 is 2.54 bits per heavy atom. The van der Waals surface area contributed by atoms with E-state index in [4.69, 9.17) is 4.74 Å². The molecule has 0 saturated carbocycles. The number of benzene rings is 1. The third kappa shape index (κ3) is 3.25. The van der Waals surface area contributed by atoms with Gasteiger partial charge in [0.25, 0.3) is 5.69 Å². The molecule has 0 amide bonds. The minimum absolute atomic E-state index is 0.0676. The quantitative estimate of drug-likeness (QED) is 0.479. The van der Waals surface area contributed by atoms with Crippen molar-refractivity contribution in [2.75, 3.05) is 31.2 Å². The van der Waals surface area contributed by atoms with Crippen molar-refractivity contribution in [2.45, 2.75) is 13.8 Å². The highest BCUT2D eigenvalue weighted by Crippen LogP contribution is 2.29. The second-order valence-electron chi connectivity index (χ2n) is 5.46. The van der Waals surface area contributed by atoms with Gasteiger partial charge in [-0.3, -0.25) is 10.1 Å². The Labute approximate surface area is 138 Å². The van der Waals surface area contributed by atoms with Crippen LogP contribution in [0.25, 0.3) is 0 Å². The van der Waals surface area contributed by atoms with Gasteiger partial charge in [-0.2, -0.15) is 5.10 Å². The Hall–Kier alpha value is -2.81. The zero-order chi connectivity index (χ0) is 17.1. The van der Waals surface area contributed by atoms with Crippen LogP contribution in [0.1, 0.15) is 17.2 Å². The number of rotatable bonds is 4. The maximum atomic E-state index is 11.4. The van der Waals surface area contributed by atoms with Gasteiger partial charge in [0.1, 0.15) is 5.69 Å². The highest BCUT2D eigenvalue weighted by Gasteiger charge is 2.21. The molecular formula is C15H18N6O3. The number of aromatic nitrogens is 3. The van der Waals surface area contributed by atoms with Gasteiger partial charge in [-0.05, 0) is 19.9 Å². The first-order chi connectivity index (χ1) is 11.6. The van der Waals surface area contributed by atoms with Crippen molar-refractivity contribution in [3.63, 3.8) is 0 Å². The van der Waals surface area contributed by atoms with Crippen LogP contribution in [0.5, 0.6) is 0 Å². The first-order valence-corrected chi connectivity index (χ1v) is 7.60. The lowest BCUT2D eigenvalue weighted by atomic mass is 10.1. The molecule has 3 rings (SSSR count). The molecule has 0 atom stereocenters. The predicted molar refractivity (Wildman–Crippen MR) is 88.6 cm³/mol. The third-order valence-corrected chi connectivity index (χ3v) is 3.82. The highest BCUT2D eigenvalue weighted by molar-refractivity contribution is 5.83. The molecular weight excluding hydrogens is 312 g/mol. The van der Waals surface area contributed by atoms with Crippen molar-refractivity contribution in [1.82, 2.24) is 14.9 Å². The number of nitro groups is 1. The maximum absolute atomic E-state index is 11.4. The van der Waals surface area contributed by atoms with E-state index in [1.165, 1.54) is 6.07 Å². The van der Waals surface area contributed by atoms with Gasteiger partial charge in [0.15, 0.2) is 11.6 Å². The zero-order valence-corrected chi connectivity index (χ0v) is 13.5. The van der Waals surface area contributed by atoms with Crippen molar-refractivity contribution in [3.8, 4) is 0 Å². The van der Waals surface area contributed by atoms with E-state index >= 15 is 0 Å². The molecule has 1 saturated heterocycles. The smallest absolute Gasteiger partial charge is 0.293 e. The fourth-order valence-electron chi connectivity index (χ4n) is 2.59. The topological polar surface area (TPSA) is 98.7 Å². The largest absolute Gasteiger partial charge is 0.378 e. The lowest BCUT2D eigenvalue weighted by Crippen LogP contribution is -2.36. The van der Waals surface area contributed by atoms with Crippen LogP contribution in [0.15, 0.2) is 23.3 Å². The summed E-state index contributed by atoms with van der Waals surface area (Å²) in [7, 11) is 0. The Bertz CT molecular complexity index is 760. The summed E-state index contributed by atoms with van der Waals surface area (Å²) in [6.07, 6.45) is 1.57. The summed E-state index contributed by atoms with van der Waals surface area (Å²) in [6, 6.07) is 5.11. The summed E-state index contributed by atoms with van der Waals surface area (Å²) in [5.74, 6) is 1.31. The molecule has 1 aromatic carbocycles. The lowest BCUT2D eigenvalue weighted by Gasteiger charge is -2.28. The van der Waals surface area contributed by atoms with Crippen LogP contribution in [0.2, 0.25) is 0 Å². The average Bonchev–Trinajstić information content (AvgIpc) is 2.92. The van der Waals surface area contributed by atoms with Crippen LogP contribution in [0.4, 0.5) is 11.4 Å². The molecule has 2 aromatic rings. The SMILES string of the molecule is Cc1nnc(C)n1/N=C\c1ccc(N2CCOCC2)c([N+](=O)[O-])c1. The Morgan fingerprint density at radius 1 is 1.25 bits per heavy atom. The van der Waals surface area contributed by atoms with Gasteiger partial charge in [-0.15, -0.1) is 10.2 Å². The number of nitrogens with zero attached hydrogens (tertiary/aromatic N) is 6. The maximum Gasteiger partial charge on any atom is 0.293 e. The summed E-state index contributed by atoms with van der Waals surface area (Å²) in [6.45, 7) is 6.03. The minimum Gasteiger partial charge on any atom is -0.378 e. The monoisotopic (exact) mass is 330 g/mol. The number of ether oxygens (including phenoxy) is 1. The molecule has 0 N–H and O–H groups in total. The normalized spacial score (nSPS) is 15.2. The first kappa shape index (κ1) is 16.1. The van der Waals surface area contributed by atoms with Crippen molar-refractivity contribution in [2.24, 2.45) is 5.10 Å². The van der Waals surface area contributed by atoms with Crippen LogP contribution in [-0.4, -0.2) is 52.3 Å². The number of aryl methyl sites for hydroxylation is 2. The van der Waals surface area contributed by atoms with E-state index in [0.29, 0.717) is 49.2 Å². The van der Waals surface area contributed by atoms with E-state index in [9.17, 15) is 10.1 Å². The molecule has 0 aliphatic carbocycles. The first-order valence-electron chi connectivity index (χ1n) is 7.60. The molecule has 1 aliphatic heterocycles. The highest BCUT2D eigenvalue weighted by atomic mass is 16.6. The van der Waals surface area contributed by atoms with Crippen molar-refractivity contribution in [1.29, 1.82) is 0 Å². The standard InChI is InChI=1S/C15H18N6O3/c1-11-17-18-12(2)20(11)16-10-13-3-4-14(15(9-13)21(22)23)19-5-7-24-8-6-19/h3-4,9-10H,5-8H2,1-2H3/b16-10-. The molecule has 1 aromatic heterocycles. The van der Waals surface area contributed by atoms with Gasteiger partial charge < -0.3 is 9.64 Å². The average molecular weight is 330 g/mol. The predicted octanol–water partition coefficient (Wildman–Crippen LogP) is 1.52. The fourth-order valence-corrected chi connectivity index (χ4v) is 2.59. The number of hydrogen-bond acceptors (Lipinski definition) is 7. The Balaban J connectivity index is 1.90. The van der Waals surface area contributed by atoms with Gasteiger partial charge in [0.05, 0.1) is 24.4 Å². The number of anilines is 1. The van der Waals surface area contributed by atoms with E-state index in [1.54, 1.807) is 30.8 Å². The zero-order valence-electron chi connectivity index (χ0n) is 13.5. The van der Waals surface area contributed by atoms with Crippen LogP contribution in [-0.2, 0) is 4.74 Å². The van der Waals surface area contributed by atoms with Gasteiger partial charge in [0.2, 0.25) is 0 Å². The number of morpholine rings is 1.